The first kappa shape index (κ1) is 21.0. The molecule has 7 nitrogen and oxygen atoms in total. The van der Waals surface area contributed by atoms with Gasteiger partial charge in [0.05, 0.1) is 16.1 Å². The van der Waals surface area contributed by atoms with Crippen molar-refractivity contribution >= 4 is 46.1 Å². The molecule has 4 rings (SSSR count). The van der Waals surface area contributed by atoms with Gasteiger partial charge >= 0.3 is 0 Å². The Balaban J connectivity index is 1.47. The molecule has 0 aliphatic rings. The molecule has 3 amide bonds. The third-order valence-corrected chi connectivity index (χ3v) is 5.35. The molecular formula is C24H18N4O3S. The number of benzene rings is 2. The minimum Gasteiger partial charge on any atom is -0.322 e. The number of hydrogen-bond acceptors (Lipinski definition) is 5. The van der Waals surface area contributed by atoms with Crippen molar-refractivity contribution in [3.8, 4) is 0 Å². The Morgan fingerprint density at radius 3 is 2.12 bits per heavy atom. The number of amides is 3. The van der Waals surface area contributed by atoms with Gasteiger partial charge < -0.3 is 16.0 Å². The van der Waals surface area contributed by atoms with Crippen LogP contribution in [0.2, 0.25) is 0 Å². The Kier molecular flexibility index (Phi) is 6.33. The van der Waals surface area contributed by atoms with E-state index < -0.39 is 0 Å². The summed E-state index contributed by atoms with van der Waals surface area (Å²) in [4.78, 5) is 42.1. The van der Waals surface area contributed by atoms with E-state index in [-0.39, 0.29) is 17.7 Å². The number of para-hydroxylation sites is 1. The number of rotatable bonds is 6. The number of nitrogens with zero attached hydrogens (tertiary/aromatic N) is 1. The Bertz CT molecular complexity index is 1260. The Labute approximate surface area is 188 Å². The number of aromatic nitrogens is 1. The minimum absolute atomic E-state index is 0.277. The smallest absolute Gasteiger partial charge is 0.265 e. The highest BCUT2D eigenvalue weighted by Gasteiger charge is 2.15. The summed E-state index contributed by atoms with van der Waals surface area (Å²) in [6.07, 6.45) is 3.08. The summed E-state index contributed by atoms with van der Waals surface area (Å²) in [5, 5.41) is 10.2. The van der Waals surface area contributed by atoms with Crippen LogP contribution in [0.3, 0.4) is 0 Å². The van der Waals surface area contributed by atoms with Crippen molar-refractivity contribution in [2.45, 2.75) is 0 Å². The molecule has 0 bridgehead atoms. The van der Waals surface area contributed by atoms with Gasteiger partial charge in [-0.3, -0.25) is 19.4 Å². The molecule has 2 heterocycles. The van der Waals surface area contributed by atoms with E-state index in [1.165, 1.54) is 11.3 Å². The van der Waals surface area contributed by atoms with Gasteiger partial charge in [0.2, 0.25) is 0 Å². The molecule has 0 saturated carbocycles. The van der Waals surface area contributed by atoms with Crippen LogP contribution in [0.1, 0.15) is 30.4 Å². The Hall–Kier alpha value is -4.30. The van der Waals surface area contributed by atoms with Crippen LogP contribution in [0.4, 0.5) is 17.1 Å². The third-order valence-electron chi connectivity index (χ3n) is 4.49. The first-order chi connectivity index (χ1) is 15.6. The molecule has 0 atom stereocenters. The van der Waals surface area contributed by atoms with E-state index in [4.69, 9.17) is 0 Å². The summed E-state index contributed by atoms with van der Waals surface area (Å²) in [6, 6.07) is 20.3. The lowest BCUT2D eigenvalue weighted by Gasteiger charge is -2.12. The van der Waals surface area contributed by atoms with E-state index in [0.29, 0.717) is 33.1 Å². The molecule has 2 aromatic carbocycles. The van der Waals surface area contributed by atoms with Crippen molar-refractivity contribution in [3.63, 3.8) is 0 Å². The molecule has 0 radical (unpaired) electrons. The summed E-state index contributed by atoms with van der Waals surface area (Å²) in [7, 11) is 0. The fourth-order valence-electron chi connectivity index (χ4n) is 2.96. The zero-order valence-corrected chi connectivity index (χ0v) is 17.6. The van der Waals surface area contributed by atoms with Crippen LogP contribution in [0, 0.1) is 0 Å². The van der Waals surface area contributed by atoms with Crippen LogP contribution in [0.15, 0.2) is 90.6 Å². The summed E-state index contributed by atoms with van der Waals surface area (Å²) in [5.41, 5.74) is 2.24. The van der Waals surface area contributed by atoms with Crippen molar-refractivity contribution in [1.82, 2.24) is 4.98 Å². The lowest BCUT2D eigenvalue weighted by Crippen LogP contribution is -2.18. The van der Waals surface area contributed by atoms with Gasteiger partial charge in [0.1, 0.15) is 0 Å². The molecule has 4 aromatic rings. The molecule has 3 N–H and O–H groups in total. The molecule has 0 aliphatic heterocycles. The van der Waals surface area contributed by atoms with Crippen LogP contribution in [-0.2, 0) is 0 Å². The van der Waals surface area contributed by atoms with Gasteiger partial charge in [-0.1, -0.05) is 24.3 Å². The van der Waals surface area contributed by atoms with E-state index in [1.807, 2.05) is 5.38 Å². The Morgan fingerprint density at radius 2 is 1.41 bits per heavy atom. The minimum atomic E-state index is -0.385. The van der Waals surface area contributed by atoms with Crippen molar-refractivity contribution in [2.24, 2.45) is 0 Å². The molecule has 8 heteroatoms. The largest absolute Gasteiger partial charge is 0.322 e. The van der Waals surface area contributed by atoms with E-state index >= 15 is 0 Å². The van der Waals surface area contributed by atoms with Gasteiger partial charge in [-0.05, 0) is 53.9 Å². The number of thiophene rings is 1. The highest BCUT2D eigenvalue weighted by atomic mass is 32.1. The Morgan fingerprint density at radius 1 is 0.688 bits per heavy atom. The van der Waals surface area contributed by atoms with E-state index in [9.17, 15) is 14.4 Å². The lowest BCUT2D eigenvalue weighted by atomic mass is 10.1. The van der Waals surface area contributed by atoms with E-state index in [1.54, 1.807) is 85.2 Å². The van der Waals surface area contributed by atoms with Crippen molar-refractivity contribution in [3.05, 3.63) is 107 Å². The maximum Gasteiger partial charge on any atom is 0.265 e. The van der Waals surface area contributed by atoms with E-state index in [0.717, 1.165) is 0 Å². The predicted octanol–water partition coefficient (Wildman–Crippen LogP) is 4.90. The lowest BCUT2D eigenvalue weighted by molar-refractivity contribution is 0.101. The second-order valence-electron chi connectivity index (χ2n) is 6.70. The second-order valence-corrected chi connectivity index (χ2v) is 7.65. The maximum atomic E-state index is 12.9. The molecule has 2 aromatic heterocycles. The molecule has 0 unspecified atom stereocenters. The van der Waals surface area contributed by atoms with Crippen molar-refractivity contribution in [2.75, 3.05) is 16.0 Å². The zero-order valence-electron chi connectivity index (χ0n) is 16.7. The number of carbonyl (C=O) groups is 3. The molecular weight excluding hydrogens is 424 g/mol. The van der Waals surface area contributed by atoms with Gasteiger partial charge in [-0.2, -0.15) is 0 Å². The fourth-order valence-corrected chi connectivity index (χ4v) is 3.58. The first-order valence-electron chi connectivity index (χ1n) is 9.67. The number of pyridine rings is 1. The zero-order chi connectivity index (χ0) is 22.3. The predicted molar refractivity (Wildman–Crippen MR) is 125 cm³/mol. The molecule has 0 spiro atoms. The number of hydrogen-bond donors (Lipinski definition) is 3. The first-order valence-corrected chi connectivity index (χ1v) is 10.5. The fraction of sp³-hybridized carbons (Fsp3) is 0. The number of nitrogens with one attached hydrogen (secondary N) is 3. The summed E-state index contributed by atoms with van der Waals surface area (Å²) in [6.45, 7) is 0. The van der Waals surface area contributed by atoms with Gasteiger partial charge in [0, 0.05) is 29.3 Å². The number of anilines is 3. The van der Waals surface area contributed by atoms with Crippen LogP contribution in [0.25, 0.3) is 0 Å². The topological polar surface area (TPSA) is 100 Å². The average Bonchev–Trinajstić information content (AvgIpc) is 3.35. The number of carbonyl (C=O) groups excluding carboxylic acids is 3. The summed E-state index contributed by atoms with van der Waals surface area (Å²) < 4.78 is 0. The van der Waals surface area contributed by atoms with Crippen molar-refractivity contribution in [1.29, 1.82) is 0 Å². The normalized spacial score (nSPS) is 10.2. The summed E-state index contributed by atoms with van der Waals surface area (Å²) >= 11 is 1.32. The van der Waals surface area contributed by atoms with Gasteiger partial charge in [-0.25, -0.2) is 0 Å². The van der Waals surface area contributed by atoms with Crippen LogP contribution >= 0.6 is 11.3 Å². The molecule has 0 aliphatic carbocycles. The van der Waals surface area contributed by atoms with Gasteiger partial charge in [0.15, 0.2) is 0 Å². The third kappa shape index (κ3) is 5.05. The molecule has 0 saturated heterocycles. The van der Waals surface area contributed by atoms with Gasteiger partial charge in [0.25, 0.3) is 17.7 Å². The standard InChI is InChI=1S/C24H18N4O3S/c29-22(16-10-12-25-13-11-16)26-17-5-3-6-18(15-17)27-23(30)19-7-1-2-8-20(19)28-24(31)21-9-4-14-32-21/h1-15H,(H,26,29)(H,27,30)(H,28,31). The van der Waals surface area contributed by atoms with Crippen LogP contribution in [-0.4, -0.2) is 22.7 Å². The second kappa shape index (κ2) is 9.67. The molecule has 32 heavy (non-hydrogen) atoms. The summed E-state index contributed by atoms with van der Waals surface area (Å²) in [5.74, 6) is -0.941. The van der Waals surface area contributed by atoms with E-state index in [2.05, 4.69) is 20.9 Å². The highest BCUT2D eigenvalue weighted by Crippen LogP contribution is 2.21. The van der Waals surface area contributed by atoms with Crippen molar-refractivity contribution < 1.29 is 14.4 Å². The quantitative estimate of drug-likeness (QED) is 0.395. The molecule has 0 fully saturated rings. The maximum absolute atomic E-state index is 12.9. The van der Waals surface area contributed by atoms with Crippen LogP contribution < -0.4 is 16.0 Å². The average molecular weight is 443 g/mol. The monoisotopic (exact) mass is 442 g/mol. The van der Waals surface area contributed by atoms with Gasteiger partial charge in [-0.15, -0.1) is 11.3 Å². The van der Waals surface area contributed by atoms with Crippen LogP contribution in [0.5, 0.6) is 0 Å². The molecule has 158 valence electrons. The SMILES string of the molecule is O=C(Nc1cccc(NC(=O)c2ccccc2NC(=O)c2cccs2)c1)c1ccncc1. The highest BCUT2D eigenvalue weighted by molar-refractivity contribution is 7.12.